The minimum Gasteiger partial charge on any atom is -0.454 e. The number of amides is 1. The molecule has 3 aliphatic heterocycles. The van der Waals surface area contributed by atoms with Crippen LogP contribution in [-0.4, -0.2) is 51.6 Å². The minimum absolute atomic E-state index is 0.00830. The lowest BCUT2D eigenvalue weighted by Gasteiger charge is -2.26. The second-order valence-corrected chi connectivity index (χ2v) is 8.68. The molecular formula is C17H23N3O5S. The van der Waals surface area contributed by atoms with E-state index in [0.717, 1.165) is 24.9 Å². The van der Waals surface area contributed by atoms with Gasteiger partial charge >= 0.3 is 0 Å². The zero-order valence-electron chi connectivity index (χ0n) is 14.5. The first-order valence-corrected chi connectivity index (χ1v) is 10.4. The maximum Gasteiger partial charge on any atom is 0.279 e. The minimum atomic E-state index is -3.46. The molecule has 3 heterocycles. The molecule has 1 N–H and O–H groups in total. The van der Waals surface area contributed by atoms with Crippen LogP contribution in [0, 0.1) is 5.92 Å². The van der Waals surface area contributed by atoms with E-state index >= 15 is 0 Å². The Morgan fingerprint density at radius 1 is 1.12 bits per heavy atom. The summed E-state index contributed by atoms with van der Waals surface area (Å²) < 4.78 is 39.6. The van der Waals surface area contributed by atoms with Gasteiger partial charge in [0.2, 0.25) is 12.7 Å². The SMILES string of the molecule is O=C1CC(CNS(=O)(=O)N2CCCCC2)CN1c1ccc2c(c1)OCO2. The molecule has 9 heteroatoms. The number of anilines is 1. The summed E-state index contributed by atoms with van der Waals surface area (Å²) >= 11 is 0. The second-order valence-electron chi connectivity index (χ2n) is 6.93. The van der Waals surface area contributed by atoms with E-state index in [4.69, 9.17) is 9.47 Å². The summed E-state index contributed by atoms with van der Waals surface area (Å²) in [5, 5.41) is 0. The monoisotopic (exact) mass is 381 g/mol. The van der Waals surface area contributed by atoms with E-state index in [1.807, 2.05) is 6.07 Å². The molecule has 0 radical (unpaired) electrons. The highest BCUT2D eigenvalue weighted by Gasteiger charge is 2.33. The molecular weight excluding hydrogens is 358 g/mol. The van der Waals surface area contributed by atoms with Gasteiger partial charge in [0.25, 0.3) is 10.2 Å². The highest BCUT2D eigenvalue weighted by molar-refractivity contribution is 7.87. The summed E-state index contributed by atoms with van der Waals surface area (Å²) in [5.41, 5.74) is 0.751. The third-order valence-corrected chi connectivity index (χ3v) is 6.66. The number of ether oxygens (including phenoxy) is 2. The molecule has 1 aromatic carbocycles. The fraction of sp³-hybridized carbons (Fsp3) is 0.588. The van der Waals surface area contributed by atoms with Crippen LogP contribution in [0.5, 0.6) is 11.5 Å². The van der Waals surface area contributed by atoms with Gasteiger partial charge in [0.05, 0.1) is 0 Å². The van der Waals surface area contributed by atoms with Gasteiger partial charge < -0.3 is 14.4 Å². The summed E-state index contributed by atoms with van der Waals surface area (Å²) in [6.45, 7) is 2.09. The van der Waals surface area contributed by atoms with Crippen LogP contribution in [0.2, 0.25) is 0 Å². The number of carbonyl (C=O) groups excluding carboxylic acids is 1. The van der Waals surface area contributed by atoms with E-state index in [0.29, 0.717) is 37.6 Å². The van der Waals surface area contributed by atoms with E-state index in [9.17, 15) is 13.2 Å². The van der Waals surface area contributed by atoms with E-state index in [-0.39, 0.29) is 25.2 Å². The van der Waals surface area contributed by atoms with Crippen molar-refractivity contribution in [3.63, 3.8) is 0 Å². The van der Waals surface area contributed by atoms with Gasteiger partial charge in [-0.15, -0.1) is 0 Å². The molecule has 26 heavy (non-hydrogen) atoms. The van der Waals surface area contributed by atoms with Crippen molar-refractivity contribution >= 4 is 21.8 Å². The molecule has 0 spiro atoms. The lowest BCUT2D eigenvalue weighted by Crippen LogP contribution is -2.45. The van der Waals surface area contributed by atoms with Crippen molar-refractivity contribution in [2.75, 3.05) is 37.9 Å². The van der Waals surface area contributed by atoms with Gasteiger partial charge in [-0.2, -0.15) is 12.7 Å². The normalized spacial score (nSPS) is 23.6. The van der Waals surface area contributed by atoms with Crippen molar-refractivity contribution in [3.8, 4) is 11.5 Å². The number of hydrogen-bond acceptors (Lipinski definition) is 5. The topological polar surface area (TPSA) is 88.2 Å². The number of fused-ring (bicyclic) bond motifs is 1. The smallest absolute Gasteiger partial charge is 0.279 e. The second kappa shape index (κ2) is 7.05. The molecule has 8 nitrogen and oxygen atoms in total. The summed E-state index contributed by atoms with van der Waals surface area (Å²) in [7, 11) is -3.46. The standard InChI is InChI=1S/C17H23N3O5S/c21-17-8-13(10-18-26(22,23)19-6-2-1-3-7-19)11-20(17)14-4-5-15-16(9-14)25-12-24-15/h4-5,9,13,18H,1-3,6-8,10-12H2. The average molecular weight is 381 g/mol. The predicted octanol–water partition coefficient (Wildman–Crippen LogP) is 1.09. The van der Waals surface area contributed by atoms with E-state index < -0.39 is 10.2 Å². The van der Waals surface area contributed by atoms with Crippen molar-refractivity contribution in [1.29, 1.82) is 0 Å². The molecule has 2 fully saturated rings. The Morgan fingerprint density at radius 3 is 2.69 bits per heavy atom. The number of nitrogens with zero attached hydrogens (tertiary/aromatic N) is 2. The molecule has 1 atom stereocenters. The maximum absolute atomic E-state index is 12.4. The Bertz CT molecular complexity index is 792. The van der Waals surface area contributed by atoms with Gasteiger partial charge in [0, 0.05) is 44.4 Å². The first kappa shape index (κ1) is 17.6. The molecule has 1 unspecified atom stereocenters. The summed E-state index contributed by atoms with van der Waals surface area (Å²) in [5.74, 6) is 1.24. The third kappa shape index (κ3) is 3.51. The van der Waals surface area contributed by atoms with Crippen LogP contribution in [0.25, 0.3) is 0 Å². The lowest BCUT2D eigenvalue weighted by atomic mass is 10.1. The molecule has 3 aliphatic rings. The molecule has 0 saturated carbocycles. The lowest BCUT2D eigenvalue weighted by molar-refractivity contribution is -0.117. The van der Waals surface area contributed by atoms with Crippen LogP contribution in [0.15, 0.2) is 18.2 Å². The van der Waals surface area contributed by atoms with Crippen molar-refractivity contribution in [1.82, 2.24) is 9.03 Å². The van der Waals surface area contributed by atoms with Crippen molar-refractivity contribution in [2.24, 2.45) is 5.92 Å². The fourth-order valence-electron chi connectivity index (χ4n) is 3.64. The quantitative estimate of drug-likeness (QED) is 0.825. The Kier molecular flexibility index (Phi) is 4.76. The fourth-order valence-corrected chi connectivity index (χ4v) is 5.01. The van der Waals surface area contributed by atoms with Gasteiger partial charge in [-0.1, -0.05) is 6.42 Å². The Labute approximate surface area is 153 Å². The molecule has 2 saturated heterocycles. The Balaban J connectivity index is 1.37. The zero-order valence-corrected chi connectivity index (χ0v) is 15.3. The van der Waals surface area contributed by atoms with E-state index in [2.05, 4.69) is 4.72 Å². The van der Waals surface area contributed by atoms with Gasteiger partial charge in [0.15, 0.2) is 11.5 Å². The van der Waals surface area contributed by atoms with Crippen LogP contribution in [0.4, 0.5) is 5.69 Å². The van der Waals surface area contributed by atoms with Crippen LogP contribution in [0.1, 0.15) is 25.7 Å². The van der Waals surface area contributed by atoms with E-state index in [1.165, 1.54) is 4.31 Å². The molecule has 0 bridgehead atoms. The highest BCUT2D eigenvalue weighted by Crippen LogP contribution is 2.37. The van der Waals surface area contributed by atoms with Crippen molar-refractivity contribution < 1.29 is 22.7 Å². The van der Waals surface area contributed by atoms with Gasteiger partial charge in [-0.25, -0.2) is 4.72 Å². The number of hydrogen-bond donors (Lipinski definition) is 1. The van der Waals surface area contributed by atoms with Gasteiger partial charge in [-0.3, -0.25) is 4.79 Å². The van der Waals surface area contributed by atoms with Crippen LogP contribution in [0.3, 0.4) is 0 Å². The van der Waals surface area contributed by atoms with Gasteiger partial charge in [-0.05, 0) is 30.9 Å². The molecule has 0 aromatic heterocycles. The number of rotatable bonds is 5. The van der Waals surface area contributed by atoms with Crippen molar-refractivity contribution in [2.45, 2.75) is 25.7 Å². The van der Waals surface area contributed by atoms with Crippen LogP contribution >= 0.6 is 0 Å². The molecule has 4 rings (SSSR count). The third-order valence-electron chi connectivity index (χ3n) is 5.08. The maximum atomic E-state index is 12.4. The molecule has 1 aromatic rings. The molecule has 142 valence electrons. The van der Waals surface area contributed by atoms with Crippen LogP contribution < -0.4 is 19.1 Å². The summed E-state index contributed by atoms with van der Waals surface area (Å²) in [4.78, 5) is 14.1. The molecule has 1 amide bonds. The van der Waals surface area contributed by atoms with Crippen LogP contribution in [-0.2, 0) is 15.0 Å². The van der Waals surface area contributed by atoms with E-state index in [1.54, 1.807) is 17.0 Å². The number of piperidine rings is 1. The largest absolute Gasteiger partial charge is 0.454 e. The number of benzene rings is 1. The summed E-state index contributed by atoms with van der Waals surface area (Å²) in [6.07, 6.45) is 3.21. The predicted molar refractivity (Wildman–Crippen MR) is 95.4 cm³/mol. The molecule has 0 aliphatic carbocycles. The Hall–Kier alpha value is -1.84. The highest BCUT2D eigenvalue weighted by atomic mass is 32.2. The zero-order chi connectivity index (χ0) is 18.1. The van der Waals surface area contributed by atoms with Gasteiger partial charge in [0.1, 0.15) is 0 Å². The number of carbonyl (C=O) groups is 1. The first-order valence-electron chi connectivity index (χ1n) is 8.98. The summed E-state index contributed by atoms with van der Waals surface area (Å²) in [6, 6.07) is 5.41. The average Bonchev–Trinajstić information content (AvgIpc) is 3.26. The first-order chi connectivity index (χ1) is 12.5. The Morgan fingerprint density at radius 2 is 1.88 bits per heavy atom. The van der Waals surface area contributed by atoms with Crippen molar-refractivity contribution in [3.05, 3.63) is 18.2 Å². The number of nitrogens with one attached hydrogen (secondary N) is 1.